The number of rotatable bonds is 0. The summed E-state index contributed by atoms with van der Waals surface area (Å²) in [6.45, 7) is 1.96. The molecule has 9 heavy (non-hydrogen) atoms. The molecule has 2 heteroatoms. The number of hydrogen-bond acceptors (Lipinski definition) is 1. The van der Waals surface area contributed by atoms with E-state index in [9.17, 15) is 4.79 Å². The monoisotopic (exact) mass is 146 g/mol. The van der Waals surface area contributed by atoms with Gasteiger partial charge in [0.2, 0.25) is 0 Å². The van der Waals surface area contributed by atoms with Crippen molar-refractivity contribution in [3.05, 3.63) is 0 Å². The predicted octanol–water partition coefficient (Wildman–Crippen LogP) is 1.98. The molecule has 52 valence electrons. The minimum absolute atomic E-state index is 0.186. The lowest BCUT2D eigenvalue weighted by atomic mass is 9.89. The highest BCUT2D eigenvalue weighted by molar-refractivity contribution is 6.31. The molecule has 0 aliphatic heterocycles. The van der Waals surface area contributed by atoms with E-state index in [1.165, 1.54) is 0 Å². The Bertz CT molecular complexity index is 110. The van der Waals surface area contributed by atoms with Crippen LogP contribution in [0.15, 0.2) is 0 Å². The van der Waals surface area contributed by atoms with E-state index in [0.29, 0.717) is 0 Å². The largest absolute Gasteiger partial charge is 0.298 e. The molecule has 0 aromatic rings. The van der Waals surface area contributed by atoms with Crippen LogP contribution in [0.2, 0.25) is 0 Å². The molecule has 0 N–H and O–H groups in total. The van der Waals surface area contributed by atoms with E-state index in [4.69, 9.17) is 11.6 Å². The molecule has 1 rings (SSSR count). The maximum absolute atomic E-state index is 11.0. The first-order valence-corrected chi connectivity index (χ1v) is 3.83. The zero-order valence-electron chi connectivity index (χ0n) is 5.56. The van der Waals surface area contributed by atoms with Gasteiger partial charge in [0.1, 0.15) is 0 Å². The van der Waals surface area contributed by atoms with Crippen LogP contribution >= 0.6 is 11.6 Å². The van der Waals surface area contributed by atoms with Crippen molar-refractivity contribution in [2.24, 2.45) is 5.92 Å². The summed E-state index contributed by atoms with van der Waals surface area (Å²) in [7, 11) is 0. The summed E-state index contributed by atoms with van der Waals surface area (Å²) in [4.78, 5) is 11.0. The van der Waals surface area contributed by atoms with E-state index < -0.39 is 0 Å². The fourth-order valence-electron chi connectivity index (χ4n) is 1.20. The molecule has 1 nitrogen and oxygen atoms in total. The minimum Gasteiger partial charge on any atom is -0.298 e. The van der Waals surface area contributed by atoms with Crippen molar-refractivity contribution >= 4 is 17.4 Å². The highest BCUT2D eigenvalue weighted by atomic mass is 35.5. The maximum Gasteiger partial charge on any atom is 0.153 e. The van der Waals surface area contributed by atoms with E-state index in [2.05, 4.69) is 0 Å². The lowest BCUT2D eigenvalue weighted by Gasteiger charge is -2.19. The summed E-state index contributed by atoms with van der Waals surface area (Å²) in [6, 6.07) is 0. The van der Waals surface area contributed by atoms with Gasteiger partial charge in [-0.3, -0.25) is 4.79 Å². The highest BCUT2D eigenvalue weighted by Gasteiger charge is 2.25. The van der Waals surface area contributed by atoms with Gasteiger partial charge in [0.15, 0.2) is 5.78 Å². The van der Waals surface area contributed by atoms with Crippen LogP contribution in [-0.4, -0.2) is 11.2 Å². The number of ketones is 1. The number of Topliss-reactive ketones (excluding diaryl/α,β-unsaturated/α-hetero) is 1. The lowest BCUT2D eigenvalue weighted by molar-refractivity contribution is -0.123. The second kappa shape index (κ2) is 2.70. The van der Waals surface area contributed by atoms with E-state index in [-0.39, 0.29) is 17.1 Å². The molecule has 0 radical (unpaired) electrons. The van der Waals surface area contributed by atoms with Crippen LogP contribution < -0.4 is 0 Å². The predicted molar refractivity (Wildman–Crippen MR) is 37.7 cm³/mol. The molecule has 1 aliphatic carbocycles. The molecule has 0 aromatic carbocycles. The van der Waals surface area contributed by atoms with Crippen molar-refractivity contribution in [2.45, 2.75) is 31.6 Å². The Kier molecular flexibility index (Phi) is 2.12. The Morgan fingerprint density at radius 2 is 2.22 bits per heavy atom. The van der Waals surface area contributed by atoms with Gasteiger partial charge >= 0.3 is 0 Å². The Hall–Kier alpha value is -0.0400. The normalized spacial score (nSPS) is 36.9. The second-order valence-electron chi connectivity index (χ2n) is 2.70. The molecule has 2 atom stereocenters. The Morgan fingerprint density at radius 3 is 2.67 bits per heavy atom. The van der Waals surface area contributed by atoms with Gasteiger partial charge in [-0.05, 0) is 12.8 Å². The smallest absolute Gasteiger partial charge is 0.153 e. The third-order valence-corrected chi connectivity index (χ3v) is 2.32. The van der Waals surface area contributed by atoms with Crippen LogP contribution in [0, 0.1) is 5.92 Å². The van der Waals surface area contributed by atoms with Crippen molar-refractivity contribution in [2.75, 3.05) is 0 Å². The zero-order valence-corrected chi connectivity index (χ0v) is 6.32. The molecule has 0 spiro atoms. The number of alkyl halides is 1. The standard InChI is InChI=1S/C7H11ClO/c1-5-3-2-4-6(8)7(5)9/h5-6H,2-4H2,1H3. The summed E-state index contributed by atoms with van der Waals surface area (Å²) in [6.07, 6.45) is 3.02. The minimum atomic E-state index is -0.186. The summed E-state index contributed by atoms with van der Waals surface area (Å²) >= 11 is 5.71. The first-order chi connectivity index (χ1) is 4.22. The van der Waals surface area contributed by atoms with Gasteiger partial charge in [-0.2, -0.15) is 0 Å². The fourth-order valence-corrected chi connectivity index (χ4v) is 1.57. The van der Waals surface area contributed by atoms with Crippen LogP contribution in [-0.2, 0) is 4.79 Å². The van der Waals surface area contributed by atoms with Crippen LogP contribution in [0.4, 0.5) is 0 Å². The molecular weight excluding hydrogens is 136 g/mol. The highest BCUT2D eigenvalue weighted by Crippen LogP contribution is 2.23. The van der Waals surface area contributed by atoms with Crippen LogP contribution in [0.5, 0.6) is 0 Å². The average Bonchev–Trinajstić information content (AvgIpc) is 1.83. The molecule has 0 heterocycles. The van der Waals surface area contributed by atoms with Gasteiger partial charge in [0.25, 0.3) is 0 Å². The van der Waals surface area contributed by atoms with E-state index in [0.717, 1.165) is 19.3 Å². The van der Waals surface area contributed by atoms with E-state index >= 15 is 0 Å². The number of carbonyl (C=O) groups is 1. The van der Waals surface area contributed by atoms with Crippen LogP contribution in [0.25, 0.3) is 0 Å². The molecular formula is C7H11ClO. The van der Waals surface area contributed by atoms with Crippen LogP contribution in [0.1, 0.15) is 26.2 Å². The average molecular weight is 147 g/mol. The lowest BCUT2D eigenvalue weighted by Crippen LogP contribution is -2.26. The number of carbonyl (C=O) groups excluding carboxylic acids is 1. The van der Waals surface area contributed by atoms with Crippen molar-refractivity contribution in [1.82, 2.24) is 0 Å². The topological polar surface area (TPSA) is 17.1 Å². The Balaban J connectivity index is 2.52. The summed E-state index contributed by atoms with van der Waals surface area (Å²) < 4.78 is 0. The maximum atomic E-state index is 11.0. The molecule has 1 aliphatic rings. The van der Waals surface area contributed by atoms with Gasteiger partial charge in [-0.15, -0.1) is 11.6 Å². The van der Waals surface area contributed by atoms with E-state index in [1.54, 1.807) is 0 Å². The summed E-state index contributed by atoms with van der Waals surface area (Å²) in [5, 5.41) is -0.186. The fraction of sp³-hybridized carbons (Fsp3) is 0.857. The first kappa shape index (κ1) is 7.07. The number of halogens is 1. The third kappa shape index (κ3) is 1.45. The SMILES string of the molecule is CC1CCCC(Cl)C1=O. The molecule has 1 fully saturated rings. The Labute approximate surface area is 60.4 Å². The van der Waals surface area contributed by atoms with Gasteiger partial charge in [0, 0.05) is 5.92 Å². The van der Waals surface area contributed by atoms with Gasteiger partial charge in [0.05, 0.1) is 5.38 Å². The summed E-state index contributed by atoms with van der Waals surface area (Å²) in [5.74, 6) is 0.448. The number of hydrogen-bond donors (Lipinski definition) is 0. The van der Waals surface area contributed by atoms with Crippen molar-refractivity contribution in [3.63, 3.8) is 0 Å². The van der Waals surface area contributed by atoms with Gasteiger partial charge in [-0.1, -0.05) is 13.3 Å². The second-order valence-corrected chi connectivity index (χ2v) is 3.23. The molecule has 2 unspecified atom stereocenters. The van der Waals surface area contributed by atoms with Crippen molar-refractivity contribution in [3.8, 4) is 0 Å². The first-order valence-electron chi connectivity index (χ1n) is 3.39. The molecule has 1 saturated carbocycles. The third-order valence-electron chi connectivity index (χ3n) is 1.89. The Morgan fingerprint density at radius 1 is 1.56 bits per heavy atom. The summed E-state index contributed by atoms with van der Waals surface area (Å²) in [5.41, 5.74) is 0. The molecule has 0 bridgehead atoms. The van der Waals surface area contributed by atoms with Gasteiger partial charge < -0.3 is 0 Å². The van der Waals surface area contributed by atoms with Crippen molar-refractivity contribution in [1.29, 1.82) is 0 Å². The molecule has 0 amide bonds. The molecule has 0 aromatic heterocycles. The zero-order chi connectivity index (χ0) is 6.85. The van der Waals surface area contributed by atoms with Crippen molar-refractivity contribution < 1.29 is 4.79 Å². The van der Waals surface area contributed by atoms with Crippen LogP contribution in [0.3, 0.4) is 0 Å². The molecule has 0 saturated heterocycles. The quantitative estimate of drug-likeness (QED) is 0.478. The van der Waals surface area contributed by atoms with E-state index in [1.807, 2.05) is 6.92 Å². The van der Waals surface area contributed by atoms with Gasteiger partial charge in [-0.25, -0.2) is 0 Å².